The normalized spacial score (nSPS) is 11.4. The number of thioether (sulfide) groups is 1. The molecule has 0 saturated carbocycles. The Morgan fingerprint density at radius 3 is 2.80 bits per heavy atom. The first-order chi connectivity index (χ1) is 9.61. The Balaban J connectivity index is 2.19. The molecule has 1 heterocycles. The quantitative estimate of drug-likeness (QED) is 0.534. The molecule has 2 rings (SSSR count). The number of guanidine groups is 1. The number of furan rings is 1. The molecule has 0 aliphatic carbocycles. The van der Waals surface area contributed by atoms with Gasteiger partial charge in [-0.2, -0.15) is 4.99 Å². The molecule has 1 amide bonds. The van der Waals surface area contributed by atoms with Crippen molar-refractivity contribution in [3.8, 4) is 0 Å². The summed E-state index contributed by atoms with van der Waals surface area (Å²) in [5, 5.41) is 0. The summed E-state index contributed by atoms with van der Waals surface area (Å²) in [6.45, 7) is 0. The van der Waals surface area contributed by atoms with Crippen LogP contribution < -0.4 is 10.6 Å². The lowest BCUT2D eigenvalue weighted by molar-refractivity contribution is 0.0976. The van der Waals surface area contributed by atoms with Gasteiger partial charge in [-0.25, -0.2) is 0 Å². The first-order valence-corrected chi connectivity index (χ1v) is 7.14. The molecule has 104 valence electrons. The van der Waals surface area contributed by atoms with E-state index in [2.05, 4.69) is 4.99 Å². The number of rotatable bonds is 3. The van der Waals surface area contributed by atoms with Crippen LogP contribution in [0.2, 0.25) is 0 Å². The number of amides is 1. The van der Waals surface area contributed by atoms with E-state index in [0.29, 0.717) is 0 Å². The minimum Gasteiger partial charge on any atom is -0.459 e. The molecular weight excluding hydrogens is 274 g/mol. The van der Waals surface area contributed by atoms with Crippen molar-refractivity contribution in [1.29, 1.82) is 0 Å². The molecule has 0 aliphatic heterocycles. The number of hydrogen-bond donors (Lipinski definition) is 1. The van der Waals surface area contributed by atoms with Crippen molar-refractivity contribution < 1.29 is 9.21 Å². The highest BCUT2D eigenvalue weighted by atomic mass is 32.2. The predicted molar refractivity (Wildman–Crippen MR) is 81.3 cm³/mol. The van der Waals surface area contributed by atoms with Gasteiger partial charge in [0, 0.05) is 17.6 Å². The minimum atomic E-state index is -0.500. The van der Waals surface area contributed by atoms with E-state index in [1.165, 1.54) is 6.26 Å². The first kappa shape index (κ1) is 14.2. The van der Waals surface area contributed by atoms with E-state index in [-0.39, 0.29) is 11.7 Å². The fraction of sp³-hybridized carbons (Fsp3) is 0.143. The minimum absolute atomic E-state index is 0.115. The van der Waals surface area contributed by atoms with Gasteiger partial charge in [0.1, 0.15) is 0 Å². The predicted octanol–water partition coefficient (Wildman–Crippen LogP) is 2.59. The van der Waals surface area contributed by atoms with Crippen LogP contribution >= 0.6 is 11.8 Å². The summed E-state index contributed by atoms with van der Waals surface area (Å²) in [5.41, 5.74) is 6.72. The molecule has 5 nitrogen and oxygen atoms in total. The van der Waals surface area contributed by atoms with Crippen LogP contribution in [0.4, 0.5) is 5.69 Å². The third-order valence-corrected chi connectivity index (χ3v) is 3.46. The Kier molecular flexibility index (Phi) is 4.47. The topological polar surface area (TPSA) is 71.8 Å². The number of nitrogens with two attached hydrogens (primary N) is 1. The van der Waals surface area contributed by atoms with Gasteiger partial charge in [-0.15, -0.1) is 11.8 Å². The van der Waals surface area contributed by atoms with Crippen LogP contribution in [0.15, 0.2) is 57.0 Å². The molecule has 2 aromatic rings. The molecule has 0 aliphatic rings. The second kappa shape index (κ2) is 6.29. The summed E-state index contributed by atoms with van der Waals surface area (Å²) in [4.78, 5) is 18.4. The van der Waals surface area contributed by atoms with Gasteiger partial charge in [0.15, 0.2) is 5.76 Å². The molecule has 2 N–H and O–H groups in total. The third kappa shape index (κ3) is 3.21. The molecule has 0 radical (unpaired) electrons. The van der Waals surface area contributed by atoms with Gasteiger partial charge < -0.3 is 15.1 Å². The lowest BCUT2D eigenvalue weighted by atomic mass is 10.3. The van der Waals surface area contributed by atoms with Crippen molar-refractivity contribution in [3.63, 3.8) is 0 Å². The van der Waals surface area contributed by atoms with Crippen molar-refractivity contribution >= 4 is 29.3 Å². The number of nitrogens with zero attached hydrogens (tertiary/aromatic N) is 2. The fourth-order valence-corrected chi connectivity index (χ4v) is 2.04. The van der Waals surface area contributed by atoms with Crippen molar-refractivity contribution in [1.82, 2.24) is 0 Å². The molecule has 0 spiro atoms. The number of carbonyl (C=O) groups is 1. The molecule has 1 aromatic heterocycles. The Hall–Kier alpha value is -2.21. The maximum atomic E-state index is 11.8. The average Bonchev–Trinajstić information content (AvgIpc) is 3.00. The second-order valence-corrected chi connectivity index (χ2v) is 4.89. The maximum absolute atomic E-state index is 11.8. The third-order valence-electron chi connectivity index (χ3n) is 2.73. The van der Waals surface area contributed by atoms with Crippen LogP contribution in [-0.2, 0) is 0 Å². The molecule has 20 heavy (non-hydrogen) atoms. The Morgan fingerprint density at radius 1 is 1.35 bits per heavy atom. The average molecular weight is 289 g/mol. The van der Waals surface area contributed by atoms with Gasteiger partial charge in [0.2, 0.25) is 5.96 Å². The number of hydrogen-bond acceptors (Lipinski definition) is 3. The standard InChI is InChI=1S/C14H15N3O2S/c1-17(10-5-3-6-11(9-10)20-2)14(15)16-13(18)12-7-4-8-19-12/h3-9H,1-2H3,(H2,15,16,18). The van der Waals surface area contributed by atoms with Crippen LogP contribution in [0.3, 0.4) is 0 Å². The smallest absolute Gasteiger partial charge is 0.315 e. The molecule has 1 aromatic carbocycles. The zero-order valence-corrected chi connectivity index (χ0v) is 12.1. The molecule has 6 heteroatoms. The summed E-state index contributed by atoms with van der Waals surface area (Å²) in [5.74, 6) is -0.218. The second-order valence-electron chi connectivity index (χ2n) is 4.01. The number of carbonyl (C=O) groups excluding carboxylic acids is 1. The molecule has 0 bridgehead atoms. The SMILES string of the molecule is CSc1cccc(N(C)C(N)=NC(=O)c2ccco2)c1. The zero-order chi connectivity index (χ0) is 14.5. The summed E-state index contributed by atoms with van der Waals surface area (Å²) < 4.78 is 4.98. The summed E-state index contributed by atoms with van der Waals surface area (Å²) in [6, 6.07) is 11.0. The van der Waals surface area contributed by atoms with Gasteiger partial charge in [0.05, 0.1) is 6.26 Å². The molecule has 0 fully saturated rings. The Morgan fingerprint density at radius 2 is 2.15 bits per heavy atom. The van der Waals surface area contributed by atoms with E-state index < -0.39 is 5.91 Å². The zero-order valence-electron chi connectivity index (χ0n) is 11.2. The lowest BCUT2D eigenvalue weighted by Gasteiger charge is -2.18. The largest absolute Gasteiger partial charge is 0.459 e. The van der Waals surface area contributed by atoms with Crippen molar-refractivity contribution in [3.05, 3.63) is 48.4 Å². The van der Waals surface area contributed by atoms with Gasteiger partial charge in [-0.3, -0.25) is 4.79 Å². The number of benzene rings is 1. The Bertz CT molecular complexity index is 623. The van der Waals surface area contributed by atoms with E-state index in [1.807, 2.05) is 30.5 Å². The van der Waals surface area contributed by atoms with Gasteiger partial charge >= 0.3 is 5.91 Å². The summed E-state index contributed by atoms with van der Waals surface area (Å²) in [7, 11) is 1.76. The van der Waals surface area contributed by atoms with Crippen LogP contribution in [0.1, 0.15) is 10.6 Å². The summed E-state index contributed by atoms with van der Waals surface area (Å²) >= 11 is 1.63. The van der Waals surface area contributed by atoms with Crippen LogP contribution in [0.25, 0.3) is 0 Å². The van der Waals surface area contributed by atoms with Crippen LogP contribution in [0.5, 0.6) is 0 Å². The first-order valence-electron chi connectivity index (χ1n) is 5.91. The Labute approximate surface area is 121 Å². The number of aliphatic imine (C=N–C) groups is 1. The fourth-order valence-electron chi connectivity index (χ4n) is 1.59. The van der Waals surface area contributed by atoms with Crippen LogP contribution in [0, 0.1) is 0 Å². The van der Waals surface area contributed by atoms with E-state index in [1.54, 1.807) is 35.8 Å². The lowest BCUT2D eigenvalue weighted by Crippen LogP contribution is -2.34. The highest BCUT2D eigenvalue weighted by Crippen LogP contribution is 2.21. The molecular formula is C14H15N3O2S. The van der Waals surface area contributed by atoms with E-state index in [9.17, 15) is 4.79 Å². The van der Waals surface area contributed by atoms with E-state index in [0.717, 1.165) is 10.6 Å². The van der Waals surface area contributed by atoms with Gasteiger partial charge in [0.25, 0.3) is 0 Å². The highest BCUT2D eigenvalue weighted by molar-refractivity contribution is 7.98. The van der Waals surface area contributed by atoms with Gasteiger partial charge in [-0.1, -0.05) is 6.07 Å². The molecule has 0 atom stereocenters. The highest BCUT2D eigenvalue weighted by Gasteiger charge is 2.11. The van der Waals surface area contributed by atoms with Crippen molar-refractivity contribution in [2.45, 2.75) is 4.90 Å². The van der Waals surface area contributed by atoms with Crippen LogP contribution in [-0.4, -0.2) is 25.2 Å². The maximum Gasteiger partial charge on any atom is 0.315 e. The summed E-state index contributed by atoms with van der Waals surface area (Å²) in [6.07, 6.45) is 3.42. The van der Waals surface area contributed by atoms with Crippen molar-refractivity contribution in [2.75, 3.05) is 18.2 Å². The number of anilines is 1. The monoisotopic (exact) mass is 289 g/mol. The van der Waals surface area contributed by atoms with Crippen molar-refractivity contribution in [2.24, 2.45) is 10.7 Å². The van der Waals surface area contributed by atoms with E-state index >= 15 is 0 Å². The van der Waals surface area contributed by atoms with Gasteiger partial charge in [-0.05, 0) is 36.6 Å². The van der Waals surface area contributed by atoms with E-state index in [4.69, 9.17) is 10.2 Å². The molecule has 0 unspecified atom stereocenters. The molecule has 0 saturated heterocycles.